The highest BCUT2D eigenvalue weighted by Gasteiger charge is 2.23. The van der Waals surface area contributed by atoms with E-state index in [-0.39, 0.29) is 5.56 Å². The molecule has 7 heteroatoms. The van der Waals surface area contributed by atoms with Gasteiger partial charge < -0.3 is 15.5 Å². The number of rotatable bonds is 5. The molecule has 0 bridgehead atoms. The van der Waals surface area contributed by atoms with Gasteiger partial charge in [-0.2, -0.15) is 0 Å². The molecule has 1 aromatic rings. The molecule has 18 heavy (non-hydrogen) atoms. The second-order valence-corrected chi connectivity index (χ2v) is 4.39. The monoisotopic (exact) mass is 315 g/mol. The Morgan fingerprint density at radius 2 is 1.94 bits per heavy atom. The third kappa shape index (κ3) is 4.17. The van der Waals surface area contributed by atoms with Crippen LogP contribution in [-0.2, 0) is 9.59 Å². The number of carboxylic acid groups (broad SMARTS) is 2. The molecule has 1 unspecified atom stereocenters. The van der Waals surface area contributed by atoms with Gasteiger partial charge in [-0.3, -0.25) is 9.59 Å². The van der Waals surface area contributed by atoms with E-state index in [1.165, 1.54) is 12.1 Å². The number of benzene rings is 1. The molecular formula is C11H10BrNO5. The van der Waals surface area contributed by atoms with Gasteiger partial charge in [0.25, 0.3) is 5.91 Å². The average Bonchev–Trinajstić information content (AvgIpc) is 2.27. The summed E-state index contributed by atoms with van der Waals surface area (Å²) >= 11 is 3.18. The first-order valence-electron chi connectivity index (χ1n) is 4.91. The van der Waals surface area contributed by atoms with Gasteiger partial charge in [0, 0.05) is 10.0 Å². The van der Waals surface area contributed by atoms with Crippen molar-refractivity contribution in [2.24, 2.45) is 0 Å². The molecule has 1 atom stereocenters. The van der Waals surface area contributed by atoms with Crippen molar-refractivity contribution in [3.05, 3.63) is 34.3 Å². The Balaban J connectivity index is 2.78. The van der Waals surface area contributed by atoms with Crippen LogP contribution in [0.1, 0.15) is 16.8 Å². The lowest BCUT2D eigenvalue weighted by Gasteiger charge is -2.12. The van der Waals surface area contributed by atoms with Crippen molar-refractivity contribution in [2.75, 3.05) is 0 Å². The quantitative estimate of drug-likeness (QED) is 0.755. The second-order valence-electron chi connectivity index (χ2n) is 3.47. The second kappa shape index (κ2) is 6.15. The molecule has 0 heterocycles. The van der Waals surface area contributed by atoms with Gasteiger partial charge in [-0.15, -0.1) is 0 Å². The van der Waals surface area contributed by atoms with Crippen LogP contribution in [0.15, 0.2) is 28.7 Å². The number of carbonyl (C=O) groups is 3. The van der Waals surface area contributed by atoms with Crippen LogP contribution in [0.25, 0.3) is 0 Å². The Morgan fingerprint density at radius 3 is 2.44 bits per heavy atom. The van der Waals surface area contributed by atoms with E-state index >= 15 is 0 Å². The van der Waals surface area contributed by atoms with Crippen molar-refractivity contribution in [1.82, 2.24) is 5.32 Å². The minimum absolute atomic E-state index is 0.251. The highest BCUT2D eigenvalue weighted by Crippen LogP contribution is 2.11. The van der Waals surface area contributed by atoms with Crippen LogP contribution in [0, 0.1) is 0 Å². The smallest absolute Gasteiger partial charge is 0.326 e. The summed E-state index contributed by atoms with van der Waals surface area (Å²) in [5.74, 6) is -3.32. The third-order valence-electron chi connectivity index (χ3n) is 2.07. The van der Waals surface area contributed by atoms with Crippen molar-refractivity contribution in [3.8, 4) is 0 Å². The molecule has 1 amide bonds. The Labute approximate surface area is 111 Å². The Kier molecular flexibility index (Phi) is 4.85. The fraction of sp³-hybridized carbons (Fsp3) is 0.182. The van der Waals surface area contributed by atoms with Crippen LogP contribution in [0.4, 0.5) is 0 Å². The van der Waals surface area contributed by atoms with E-state index < -0.39 is 30.3 Å². The first-order chi connectivity index (χ1) is 8.40. The van der Waals surface area contributed by atoms with Crippen LogP contribution in [0.3, 0.4) is 0 Å². The zero-order chi connectivity index (χ0) is 13.7. The molecule has 0 saturated carbocycles. The Morgan fingerprint density at radius 1 is 1.28 bits per heavy atom. The normalized spacial score (nSPS) is 11.6. The van der Waals surface area contributed by atoms with Crippen molar-refractivity contribution in [1.29, 1.82) is 0 Å². The molecule has 0 aliphatic rings. The number of carboxylic acids is 2. The van der Waals surface area contributed by atoms with Crippen LogP contribution in [0.2, 0.25) is 0 Å². The Bertz CT molecular complexity index is 488. The maximum Gasteiger partial charge on any atom is 0.326 e. The van der Waals surface area contributed by atoms with Crippen molar-refractivity contribution in [2.45, 2.75) is 12.5 Å². The summed E-state index contributed by atoms with van der Waals surface area (Å²) in [6.45, 7) is 0. The van der Waals surface area contributed by atoms with E-state index in [0.29, 0.717) is 4.47 Å². The van der Waals surface area contributed by atoms with Crippen molar-refractivity contribution < 1.29 is 24.6 Å². The van der Waals surface area contributed by atoms with E-state index in [1.807, 2.05) is 0 Å². The van der Waals surface area contributed by atoms with Crippen LogP contribution in [0.5, 0.6) is 0 Å². The zero-order valence-electron chi connectivity index (χ0n) is 9.09. The number of nitrogens with one attached hydrogen (secondary N) is 1. The number of halogens is 1. The van der Waals surface area contributed by atoms with Gasteiger partial charge in [-0.1, -0.05) is 22.0 Å². The highest BCUT2D eigenvalue weighted by atomic mass is 79.9. The Hall–Kier alpha value is -1.89. The van der Waals surface area contributed by atoms with Crippen molar-refractivity contribution in [3.63, 3.8) is 0 Å². The molecule has 1 rings (SSSR count). The SMILES string of the molecule is O=C(O)CC(NC(=O)c1cccc(Br)c1)C(=O)O. The lowest BCUT2D eigenvalue weighted by atomic mass is 10.1. The molecule has 0 spiro atoms. The van der Waals surface area contributed by atoms with Gasteiger partial charge in [0.15, 0.2) is 0 Å². The third-order valence-corrected chi connectivity index (χ3v) is 2.56. The summed E-state index contributed by atoms with van der Waals surface area (Å²) in [6.07, 6.45) is -0.672. The zero-order valence-corrected chi connectivity index (χ0v) is 10.7. The summed E-state index contributed by atoms with van der Waals surface area (Å²) < 4.78 is 0.667. The largest absolute Gasteiger partial charge is 0.481 e. The molecule has 3 N–H and O–H groups in total. The first-order valence-corrected chi connectivity index (χ1v) is 5.70. The van der Waals surface area contributed by atoms with Gasteiger partial charge in [-0.25, -0.2) is 4.79 Å². The number of aliphatic carboxylic acids is 2. The standard InChI is InChI=1S/C11H10BrNO5/c12-7-3-1-2-6(4-7)10(16)13-8(11(17)18)5-9(14)15/h1-4,8H,5H2,(H,13,16)(H,14,15)(H,17,18). The molecule has 0 aliphatic heterocycles. The van der Waals surface area contributed by atoms with E-state index in [1.54, 1.807) is 12.1 Å². The van der Waals surface area contributed by atoms with Crippen LogP contribution < -0.4 is 5.32 Å². The minimum atomic E-state index is -1.45. The predicted molar refractivity (Wildman–Crippen MR) is 65.3 cm³/mol. The van der Waals surface area contributed by atoms with E-state index in [9.17, 15) is 14.4 Å². The minimum Gasteiger partial charge on any atom is -0.481 e. The lowest BCUT2D eigenvalue weighted by Crippen LogP contribution is -2.42. The summed E-state index contributed by atoms with van der Waals surface area (Å²) in [7, 11) is 0. The molecule has 96 valence electrons. The highest BCUT2D eigenvalue weighted by molar-refractivity contribution is 9.10. The fourth-order valence-electron chi connectivity index (χ4n) is 1.25. The van der Waals surface area contributed by atoms with E-state index in [0.717, 1.165) is 0 Å². The van der Waals surface area contributed by atoms with Crippen LogP contribution in [-0.4, -0.2) is 34.1 Å². The summed E-state index contributed by atoms with van der Waals surface area (Å²) in [5, 5.41) is 19.5. The van der Waals surface area contributed by atoms with E-state index in [2.05, 4.69) is 21.2 Å². The molecule has 0 saturated heterocycles. The number of hydrogen-bond acceptors (Lipinski definition) is 3. The molecule has 0 radical (unpaired) electrons. The molecule has 1 aromatic carbocycles. The first kappa shape index (κ1) is 14.2. The molecular weight excluding hydrogens is 306 g/mol. The maximum absolute atomic E-state index is 11.7. The summed E-state index contributed by atoms with van der Waals surface area (Å²) in [6, 6.07) is 4.89. The molecule has 0 fully saturated rings. The van der Waals surface area contributed by atoms with Gasteiger partial charge in [0.05, 0.1) is 6.42 Å². The molecule has 0 aliphatic carbocycles. The maximum atomic E-state index is 11.7. The molecule has 0 aromatic heterocycles. The fourth-order valence-corrected chi connectivity index (χ4v) is 1.65. The van der Waals surface area contributed by atoms with Gasteiger partial charge in [0.1, 0.15) is 6.04 Å². The van der Waals surface area contributed by atoms with Gasteiger partial charge >= 0.3 is 11.9 Å². The summed E-state index contributed by atoms with van der Waals surface area (Å²) in [5.41, 5.74) is 0.251. The van der Waals surface area contributed by atoms with Gasteiger partial charge in [0.2, 0.25) is 0 Å². The van der Waals surface area contributed by atoms with Crippen LogP contribution >= 0.6 is 15.9 Å². The molecule has 6 nitrogen and oxygen atoms in total. The van der Waals surface area contributed by atoms with E-state index in [4.69, 9.17) is 10.2 Å². The number of hydrogen-bond donors (Lipinski definition) is 3. The topological polar surface area (TPSA) is 104 Å². The van der Waals surface area contributed by atoms with Gasteiger partial charge in [-0.05, 0) is 18.2 Å². The predicted octanol–water partition coefficient (Wildman–Crippen LogP) is 1.11. The summed E-state index contributed by atoms with van der Waals surface area (Å²) in [4.78, 5) is 33.0. The lowest BCUT2D eigenvalue weighted by molar-refractivity contribution is -0.145. The number of carbonyl (C=O) groups excluding carboxylic acids is 1. The average molecular weight is 316 g/mol. The number of amides is 1. The van der Waals surface area contributed by atoms with Crippen molar-refractivity contribution >= 4 is 33.8 Å².